The van der Waals surface area contributed by atoms with Gasteiger partial charge in [-0.25, -0.2) is 4.57 Å². The zero-order valence-corrected chi connectivity index (χ0v) is 9.66. The number of hydrogen-bond donors (Lipinski definition) is 2. The van der Waals surface area contributed by atoms with Crippen LogP contribution in [0.25, 0.3) is 0 Å². The largest absolute Gasteiger partial charge is 0.480 e. The van der Waals surface area contributed by atoms with Crippen LogP contribution in [-0.2, 0) is 13.9 Å². The Morgan fingerprint density at radius 2 is 1.93 bits per heavy atom. The molecule has 0 spiro atoms. The van der Waals surface area contributed by atoms with Gasteiger partial charge < -0.3 is 15.3 Å². The Hall–Kier alpha value is -0.550. The molecule has 0 aliphatic heterocycles. The Morgan fingerprint density at radius 3 is 2.14 bits per heavy atom. The van der Waals surface area contributed by atoms with Crippen LogP contribution in [0.15, 0.2) is 0 Å². The molecule has 0 radical (unpaired) electrons. The summed E-state index contributed by atoms with van der Waals surface area (Å²) in [5.74, 6) is -0.968. The quantitative estimate of drug-likeness (QED) is 0.389. The van der Waals surface area contributed by atoms with Crippen LogP contribution in [0.4, 0.5) is 0 Å². The standard InChI is InChI=1S/C5H13NO2P.C2H5NO2/c1-6(2,3)4-5-8-9-7;3-1-2(4)5/h4-5H2,1-3H3;1,3H2,(H,4,5)/q+1;. The summed E-state index contributed by atoms with van der Waals surface area (Å²) in [4.78, 5) is 9.24. The number of likely N-dealkylation sites (N-methyl/N-ethyl adjacent to an activating group) is 1. The summed E-state index contributed by atoms with van der Waals surface area (Å²) in [6.45, 7) is 1.16. The van der Waals surface area contributed by atoms with Gasteiger partial charge in [-0.2, -0.15) is 0 Å². The third-order valence-electron chi connectivity index (χ3n) is 1.08. The summed E-state index contributed by atoms with van der Waals surface area (Å²) in [5, 5.41) is 7.60. The number of nitrogens with zero attached hydrogens (tertiary/aromatic N) is 1. The fourth-order valence-corrected chi connectivity index (χ4v) is 0.508. The molecule has 0 aromatic rings. The van der Waals surface area contributed by atoms with Crippen LogP contribution >= 0.6 is 8.69 Å². The van der Waals surface area contributed by atoms with Gasteiger partial charge in [-0.1, -0.05) is 0 Å². The van der Waals surface area contributed by atoms with Crippen molar-refractivity contribution >= 4 is 14.7 Å². The number of carbonyl (C=O) groups is 1. The van der Waals surface area contributed by atoms with E-state index in [1.807, 2.05) is 0 Å². The molecule has 0 aromatic carbocycles. The SMILES string of the molecule is C[N+](C)(C)CCOP=O.NCC(=O)O. The van der Waals surface area contributed by atoms with E-state index in [1.165, 1.54) is 0 Å². The molecular formula is C7H18N2O4P+. The molecule has 0 saturated carbocycles. The molecule has 0 unspecified atom stereocenters. The Labute approximate surface area is 85.5 Å². The van der Waals surface area contributed by atoms with E-state index >= 15 is 0 Å². The number of rotatable bonds is 5. The van der Waals surface area contributed by atoms with Crippen LogP contribution in [0.2, 0.25) is 0 Å². The van der Waals surface area contributed by atoms with E-state index in [1.54, 1.807) is 0 Å². The zero-order chi connectivity index (χ0) is 11.6. The molecule has 84 valence electrons. The number of quaternary nitrogens is 1. The molecule has 0 bridgehead atoms. The lowest BCUT2D eigenvalue weighted by Gasteiger charge is -2.22. The molecular weight excluding hydrogens is 207 g/mol. The second-order valence-electron chi connectivity index (χ2n) is 3.52. The van der Waals surface area contributed by atoms with Gasteiger partial charge in [-0.15, -0.1) is 0 Å². The predicted molar refractivity (Wildman–Crippen MR) is 53.1 cm³/mol. The van der Waals surface area contributed by atoms with Gasteiger partial charge in [0.25, 0.3) is 0 Å². The zero-order valence-electron chi connectivity index (χ0n) is 8.77. The maximum absolute atomic E-state index is 9.76. The Balaban J connectivity index is 0. The first-order valence-electron chi connectivity index (χ1n) is 4.00. The summed E-state index contributed by atoms with van der Waals surface area (Å²) in [5.41, 5.74) is 4.57. The van der Waals surface area contributed by atoms with Crippen LogP contribution in [-0.4, -0.2) is 56.4 Å². The molecule has 0 saturated heterocycles. The van der Waals surface area contributed by atoms with Gasteiger partial charge in [0, 0.05) is 0 Å². The smallest absolute Gasteiger partial charge is 0.327 e. The minimum absolute atomic E-state index is 0.217. The van der Waals surface area contributed by atoms with E-state index in [9.17, 15) is 9.36 Å². The van der Waals surface area contributed by atoms with Gasteiger partial charge in [0.2, 0.25) is 0 Å². The molecule has 3 N–H and O–H groups in total. The first-order chi connectivity index (χ1) is 6.33. The van der Waals surface area contributed by atoms with Gasteiger partial charge in [0.1, 0.15) is 13.2 Å². The number of aliphatic carboxylic acids is 1. The summed E-state index contributed by atoms with van der Waals surface area (Å²) in [6, 6.07) is 0. The molecule has 0 amide bonds. The molecule has 6 nitrogen and oxygen atoms in total. The van der Waals surface area contributed by atoms with Crippen molar-refractivity contribution in [2.24, 2.45) is 5.73 Å². The van der Waals surface area contributed by atoms with Crippen LogP contribution in [0, 0.1) is 0 Å². The number of hydrogen-bond acceptors (Lipinski definition) is 4. The van der Waals surface area contributed by atoms with Gasteiger partial charge in [-0.05, 0) is 0 Å². The summed E-state index contributed by atoms with van der Waals surface area (Å²) >= 11 is 0. The second kappa shape index (κ2) is 9.02. The van der Waals surface area contributed by atoms with Crippen molar-refractivity contribution in [1.29, 1.82) is 0 Å². The third kappa shape index (κ3) is 22.5. The van der Waals surface area contributed by atoms with Gasteiger partial charge in [0.05, 0.1) is 27.7 Å². The van der Waals surface area contributed by atoms with E-state index in [2.05, 4.69) is 31.4 Å². The number of carboxylic acids is 1. The molecule has 0 fully saturated rings. The maximum Gasteiger partial charge on any atom is 0.327 e. The second-order valence-corrected chi connectivity index (χ2v) is 3.93. The Kier molecular flexibility index (Phi) is 10.2. The monoisotopic (exact) mass is 225 g/mol. The van der Waals surface area contributed by atoms with E-state index in [4.69, 9.17) is 5.11 Å². The van der Waals surface area contributed by atoms with E-state index in [-0.39, 0.29) is 15.2 Å². The van der Waals surface area contributed by atoms with Crippen molar-refractivity contribution < 1.29 is 23.5 Å². The van der Waals surface area contributed by atoms with Crippen molar-refractivity contribution in [2.45, 2.75) is 0 Å². The lowest BCUT2D eigenvalue weighted by atomic mass is 10.5. The summed E-state index contributed by atoms with van der Waals surface area (Å²) < 4.78 is 15.2. The highest BCUT2D eigenvalue weighted by atomic mass is 31.1. The Morgan fingerprint density at radius 1 is 1.50 bits per heavy atom. The lowest BCUT2D eigenvalue weighted by molar-refractivity contribution is -0.870. The predicted octanol–water partition coefficient (Wildman–Crippen LogP) is -0.0544. The lowest BCUT2D eigenvalue weighted by Crippen LogP contribution is -2.37. The average molecular weight is 225 g/mol. The number of carboxylic acid groups (broad SMARTS) is 1. The molecule has 0 aromatic heterocycles. The Bertz CT molecular complexity index is 170. The minimum atomic E-state index is -0.968. The van der Waals surface area contributed by atoms with Crippen molar-refractivity contribution in [1.82, 2.24) is 0 Å². The maximum atomic E-state index is 9.76. The van der Waals surface area contributed by atoms with E-state index in [0.717, 1.165) is 11.0 Å². The number of nitrogens with two attached hydrogens (primary N) is 1. The summed E-state index contributed by atoms with van der Waals surface area (Å²) in [6.07, 6.45) is 0. The van der Waals surface area contributed by atoms with E-state index < -0.39 is 5.97 Å². The highest BCUT2D eigenvalue weighted by molar-refractivity contribution is 7.17. The van der Waals surface area contributed by atoms with Gasteiger partial charge in [0.15, 0.2) is 0 Å². The molecule has 14 heavy (non-hydrogen) atoms. The van der Waals surface area contributed by atoms with Crippen molar-refractivity contribution in [3.05, 3.63) is 0 Å². The average Bonchev–Trinajstić information content (AvgIpc) is 2.04. The normalized spacial score (nSPS) is 10.6. The minimum Gasteiger partial charge on any atom is -0.480 e. The molecule has 0 heterocycles. The molecule has 0 rings (SSSR count). The first kappa shape index (κ1) is 15.9. The first-order valence-corrected chi connectivity index (χ1v) is 4.73. The van der Waals surface area contributed by atoms with Gasteiger partial charge >= 0.3 is 14.7 Å². The van der Waals surface area contributed by atoms with Crippen LogP contribution in [0.3, 0.4) is 0 Å². The molecule has 0 aliphatic carbocycles. The van der Waals surface area contributed by atoms with Crippen LogP contribution < -0.4 is 5.73 Å². The van der Waals surface area contributed by atoms with Crippen molar-refractivity contribution in [2.75, 3.05) is 40.8 Å². The van der Waals surface area contributed by atoms with Gasteiger partial charge in [-0.3, -0.25) is 9.32 Å². The van der Waals surface area contributed by atoms with Crippen molar-refractivity contribution in [3.63, 3.8) is 0 Å². The molecule has 7 heteroatoms. The fourth-order valence-electron chi connectivity index (χ4n) is 0.352. The van der Waals surface area contributed by atoms with Crippen LogP contribution in [0.5, 0.6) is 0 Å². The highest BCUT2D eigenvalue weighted by Gasteiger charge is 2.04. The topological polar surface area (TPSA) is 89.6 Å². The van der Waals surface area contributed by atoms with Crippen molar-refractivity contribution in [3.8, 4) is 0 Å². The van der Waals surface area contributed by atoms with E-state index in [0.29, 0.717) is 6.61 Å². The molecule has 0 aliphatic rings. The molecule has 0 atom stereocenters. The summed E-state index contributed by atoms with van der Waals surface area (Å²) in [7, 11) is 5.96. The fraction of sp³-hybridized carbons (Fsp3) is 0.857. The highest BCUT2D eigenvalue weighted by Crippen LogP contribution is 1.96. The van der Waals surface area contributed by atoms with Crippen LogP contribution in [0.1, 0.15) is 0 Å². The third-order valence-corrected chi connectivity index (χ3v) is 1.37.